The Morgan fingerprint density at radius 3 is 1.97 bits per heavy atom. The highest BCUT2D eigenvalue weighted by atomic mass is 16.5. The number of esters is 1. The number of ketones is 2. The van der Waals surface area contributed by atoms with Crippen LogP contribution in [0.15, 0.2) is 18.2 Å². The minimum Gasteiger partial charge on any atom is -0.469 e. The molecule has 35 heavy (non-hydrogen) atoms. The van der Waals surface area contributed by atoms with Crippen molar-refractivity contribution >= 4 is 35.0 Å². The quantitative estimate of drug-likeness (QED) is 0.302. The number of rotatable bonds is 13. The number of aliphatic hydroxyl groups excluding tert-OH is 2. The predicted octanol–water partition coefficient (Wildman–Crippen LogP) is 1.40. The zero-order chi connectivity index (χ0) is 25.8. The van der Waals surface area contributed by atoms with E-state index in [0.29, 0.717) is 42.5 Å². The largest absolute Gasteiger partial charge is 0.469 e. The highest BCUT2D eigenvalue weighted by Crippen LogP contribution is 2.30. The van der Waals surface area contributed by atoms with Gasteiger partial charge in [-0.05, 0) is 48.9 Å². The summed E-state index contributed by atoms with van der Waals surface area (Å²) in [6.45, 7) is -0.701. The van der Waals surface area contributed by atoms with E-state index in [4.69, 9.17) is 4.74 Å². The molecule has 192 valence electrons. The standard InChI is InChI=1S/C25H34N2O8/c1-35-25(34)19-4-2-18(3-5-19)22(31)7-9-23(32)26-13-21(30)6-8-24(33)27-20-11-16(14-28)10-17(12-20)15-29/h10-12,18-19,28-29H,2-9,13-15H2,1H3,(H,26,32)(H,27,33). The van der Waals surface area contributed by atoms with Crippen LogP contribution in [-0.4, -0.2) is 53.2 Å². The summed E-state index contributed by atoms with van der Waals surface area (Å²) in [6.07, 6.45) is 2.33. The van der Waals surface area contributed by atoms with Gasteiger partial charge in [0.1, 0.15) is 5.78 Å². The van der Waals surface area contributed by atoms with Crippen LogP contribution in [0.25, 0.3) is 0 Å². The highest BCUT2D eigenvalue weighted by molar-refractivity contribution is 5.95. The van der Waals surface area contributed by atoms with Crippen LogP contribution < -0.4 is 10.6 Å². The molecule has 10 nitrogen and oxygen atoms in total. The normalized spacial score (nSPS) is 17.3. The Labute approximate surface area is 204 Å². The third kappa shape index (κ3) is 9.58. The first-order valence-corrected chi connectivity index (χ1v) is 11.8. The molecule has 1 aliphatic rings. The van der Waals surface area contributed by atoms with Crippen molar-refractivity contribution in [1.82, 2.24) is 5.32 Å². The molecule has 1 aromatic rings. The van der Waals surface area contributed by atoms with Gasteiger partial charge in [-0.1, -0.05) is 6.07 Å². The van der Waals surface area contributed by atoms with Gasteiger partial charge in [-0.15, -0.1) is 0 Å². The lowest BCUT2D eigenvalue weighted by Gasteiger charge is -2.25. The Morgan fingerprint density at radius 1 is 0.829 bits per heavy atom. The highest BCUT2D eigenvalue weighted by Gasteiger charge is 2.30. The Bertz CT molecular complexity index is 900. The van der Waals surface area contributed by atoms with Crippen LogP contribution in [0, 0.1) is 11.8 Å². The van der Waals surface area contributed by atoms with Crippen molar-refractivity contribution in [2.24, 2.45) is 11.8 Å². The number of ether oxygens (including phenoxy) is 1. The summed E-state index contributed by atoms with van der Waals surface area (Å²) >= 11 is 0. The molecule has 1 aliphatic carbocycles. The maximum atomic E-state index is 12.4. The number of hydrogen-bond acceptors (Lipinski definition) is 8. The van der Waals surface area contributed by atoms with Crippen molar-refractivity contribution in [2.75, 3.05) is 19.0 Å². The molecule has 10 heteroatoms. The monoisotopic (exact) mass is 490 g/mol. The van der Waals surface area contributed by atoms with Gasteiger partial charge in [0.25, 0.3) is 0 Å². The van der Waals surface area contributed by atoms with Crippen LogP contribution in [-0.2, 0) is 41.9 Å². The van der Waals surface area contributed by atoms with Gasteiger partial charge in [0.15, 0.2) is 5.78 Å². The van der Waals surface area contributed by atoms with E-state index in [9.17, 15) is 34.2 Å². The Morgan fingerprint density at radius 2 is 1.40 bits per heavy atom. The van der Waals surface area contributed by atoms with Gasteiger partial charge in [-0.2, -0.15) is 0 Å². The molecule has 0 radical (unpaired) electrons. The average Bonchev–Trinajstić information content (AvgIpc) is 2.88. The van der Waals surface area contributed by atoms with Gasteiger partial charge >= 0.3 is 5.97 Å². The van der Waals surface area contributed by atoms with Crippen LogP contribution in [0.2, 0.25) is 0 Å². The topological polar surface area (TPSA) is 159 Å². The average molecular weight is 491 g/mol. The van der Waals surface area contributed by atoms with Crippen molar-refractivity contribution in [3.05, 3.63) is 29.3 Å². The van der Waals surface area contributed by atoms with Crippen molar-refractivity contribution in [2.45, 2.75) is 64.6 Å². The molecule has 0 heterocycles. The zero-order valence-electron chi connectivity index (χ0n) is 20.0. The third-order valence-electron chi connectivity index (χ3n) is 6.13. The molecular weight excluding hydrogens is 456 g/mol. The lowest BCUT2D eigenvalue weighted by molar-refractivity contribution is -0.147. The van der Waals surface area contributed by atoms with Crippen LogP contribution in [0.4, 0.5) is 5.69 Å². The van der Waals surface area contributed by atoms with E-state index >= 15 is 0 Å². The second-order valence-electron chi connectivity index (χ2n) is 8.76. The third-order valence-corrected chi connectivity index (χ3v) is 6.13. The number of carbonyl (C=O) groups is 5. The van der Waals surface area contributed by atoms with Crippen molar-refractivity contribution in [1.29, 1.82) is 0 Å². The van der Waals surface area contributed by atoms with E-state index in [1.807, 2.05) is 0 Å². The summed E-state index contributed by atoms with van der Waals surface area (Å²) in [5, 5.41) is 23.6. The molecule has 0 bridgehead atoms. The molecule has 2 rings (SSSR count). The lowest BCUT2D eigenvalue weighted by Crippen LogP contribution is -2.31. The molecule has 2 amide bonds. The molecule has 1 aromatic carbocycles. The fraction of sp³-hybridized carbons (Fsp3) is 0.560. The van der Waals surface area contributed by atoms with Gasteiger partial charge in [0.2, 0.25) is 11.8 Å². The molecular formula is C25H34N2O8. The SMILES string of the molecule is COC(=O)C1CCC(C(=O)CCC(=O)NCC(=O)CCC(=O)Nc2cc(CO)cc(CO)c2)CC1. The smallest absolute Gasteiger partial charge is 0.308 e. The van der Waals surface area contributed by atoms with Gasteiger partial charge in [-0.3, -0.25) is 24.0 Å². The molecule has 1 saturated carbocycles. The molecule has 0 aliphatic heterocycles. The van der Waals surface area contributed by atoms with Gasteiger partial charge in [-0.25, -0.2) is 0 Å². The lowest BCUT2D eigenvalue weighted by atomic mass is 9.79. The zero-order valence-corrected chi connectivity index (χ0v) is 20.0. The van der Waals surface area contributed by atoms with Crippen LogP contribution >= 0.6 is 0 Å². The first-order chi connectivity index (χ1) is 16.7. The summed E-state index contributed by atoms with van der Waals surface area (Å²) in [5.74, 6) is -1.71. The van der Waals surface area contributed by atoms with Gasteiger partial charge in [0, 0.05) is 37.3 Å². The number of methoxy groups -OCH3 is 1. The number of anilines is 1. The summed E-state index contributed by atoms with van der Waals surface area (Å²) < 4.78 is 4.74. The second kappa shape index (κ2) is 14.3. The predicted molar refractivity (Wildman–Crippen MR) is 126 cm³/mol. The van der Waals surface area contributed by atoms with Crippen LogP contribution in [0.5, 0.6) is 0 Å². The summed E-state index contributed by atoms with van der Waals surface area (Å²) in [4.78, 5) is 60.1. The number of Topliss-reactive ketones (excluding diaryl/α,β-unsaturated/α-hetero) is 2. The minimum atomic E-state index is -0.406. The first-order valence-electron chi connectivity index (χ1n) is 11.8. The number of nitrogens with one attached hydrogen (secondary N) is 2. The Hall–Kier alpha value is -3.11. The van der Waals surface area contributed by atoms with E-state index in [-0.39, 0.29) is 74.8 Å². The Kier molecular flexibility index (Phi) is 11.5. The number of hydrogen-bond donors (Lipinski definition) is 4. The molecule has 0 spiro atoms. The summed E-state index contributed by atoms with van der Waals surface area (Å²) in [6, 6.07) is 4.77. The van der Waals surface area contributed by atoms with Crippen LogP contribution in [0.1, 0.15) is 62.5 Å². The van der Waals surface area contributed by atoms with Crippen molar-refractivity contribution in [3.63, 3.8) is 0 Å². The van der Waals surface area contributed by atoms with E-state index in [1.165, 1.54) is 7.11 Å². The van der Waals surface area contributed by atoms with Gasteiger partial charge in [0.05, 0.1) is 32.8 Å². The van der Waals surface area contributed by atoms with Crippen LogP contribution in [0.3, 0.4) is 0 Å². The molecule has 0 atom stereocenters. The maximum absolute atomic E-state index is 12.4. The fourth-order valence-corrected chi connectivity index (χ4v) is 4.13. The maximum Gasteiger partial charge on any atom is 0.308 e. The van der Waals surface area contributed by atoms with Crippen molar-refractivity contribution in [3.8, 4) is 0 Å². The summed E-state index contributed by atoms with van der Waals surface area (Å²) in [5.41, 5.74) is 1.49. The van der Waals surface area contributed by atoms with E-state index in [1.54, 1.807) is 18.2 Å². The Balaban J connectivity index is 1.64. The van der Waals surface area contributed by atoms with E-state index in [2.05, 4.69) is 10.6 Å². The number of carbonyl (C=O) groups excluding carboxylic acids is 5. The number of amides is 2. The molecule has 1 fully saturated rings. The second-order valence-corrected chi connectivity index (χ2v) is 8.76. The van der Waals surface area contributed by atoms with Crippen molar-refractivity contribution < 1.29 is 38.9 Å². The molecule has 0 aromatic heterocycles. The minimum absolute atomic E-state index is 0.0129. The van der Waals surface area contributed by atoms with Gasteiger partial charge < -0.3 is 25.6 Å². The molecule has 0 saturated heterocycles. The summed E-state index contributed by atoms with van der Waals surface area (Å²) in [7, 11) is 1.35. The molecule has 0 unspecified atom stereocenters. The first kappa shape index (κ1) is 28.1. The molecule has 4 N–H and O–H groups in total. The fourth-order valence-electron chi connectivity index (χ4n) is 4.13. The van der Waals surface area contributed by atoms with E-state index < -0.39 is 11.8 Å². The number of benzene rings is 1. The van der Waals surface area contributed by atoms with E-state index in [0.717, 1.165) is 0 Å². The number of aliphatic hydroxyl groups is 2.